The Kier molecular flexibility index (Phi) is 4.12. The molecule has 0 amide bonds. The SMILES string of the molecule is CNS(=O)(=O)c1c(F)c(F)c(F)c(F)c1OCF. The van der Waals surface area contributed by atoms with Gasteiger partial charge in [0.1, 0.15) is 0 Å². The van der Waals surface area contributed by atoms with Crippen LogP contribution in [0.2, 0.25) is 0 Å². The zero-order valence-electron chi connectivity index (χ0n) is 8.73. The number of hydrogen-bond acceptors (Lipinski definition) is 3. The van der Waals surface area contributed by atoms with Crippen molar-refractivity contribution in [2.75, 3.05) is 13.9 Å². The van der Waals surface area contributed by atoms with Gasteiger partial charge in [0, 0.05) is 0 Å². The van der Waals surface area contributed by atoms with Gasteiger partial charge in [-0.2, -0.15) is 4.39 Å². The van der Waals surface area contributed by atoms with Crippen molar-refractivity contribution in [3.05, 3.63) is 23.3 Å². The highest BCUT2D eigenvalue weighted by Crippen LogP contribution is 2.33. The Labute approximate surface area is 98.4 Å². The monoisotopic (exact) mass is 291 g/mol. The highest BCUT2D eigenvalue weighted by atomic mass is 32.2. The lowest BCUT2D eigenvalue weighted by atomic mass is 10.3. The summed E-state index contributed by atoms with van der Waals surface area (Å²) in [6.07, 6.45) is 0. The minimum Gasteiger partial charge on any atom is -0.458 e. The van der Waals surface area contributed by atoms with E-state index in [0.717, 1.165) is 7.05 Å². The molecule has 18 heavy (non-hydrogen) atoms. The molecule has 0 aromatic heterocycles. The summed E-state index contributed by atoms with van der Waals surface area (Å²) < 4.78 is 92.3. The average molecular weight is 291 g/mol. The van der Waals surface area contributed by atoms with Crippen LogP contribution in [-0.4, -0.2) is 22.3 Å². The fourth-order valence-corrected chi connectivity index (χ4v) is 2.04. The topological polar surface area (TPSA) is 55.4 Å². The summed E-state index contributed by atoms with van der Waals surface area (Å²) in [4.78, 5) is -1.64. The molecule has 10 heteroatoms. The van der Waals surface area contributed by atoms with Crippen LogP contribution in [0.1, 0.15) is 0 Å². The van der Waals surface area contributed by atoms with Crippen LogP contribution in [0.5, 0.6) is 5.75 Å². The van der Waals surface area contributed by atoms with E-state index in [4.69, 9.17) is 0 Å². The molecule has 1 aromatic rings. The van der Waals surface area contributed by atoms with Crippen LogP contribution in [0.3, 0.4) is 0 Å². The Bertz CT molecular complexity index is 575. The number of halogens is 5. The van der Waals surface area contributed by atoms with E-state index in [0.29, 0.717) is 0 Å². The fourth-order valence-electron chi connectivity index (χ4n) is 1.12. The van der Waals surface area contributed by atoms with Crippen molar-refractivity contribution in [3.63, 3.8) is 0 Å². The number of alkyl halides is 1. The molecule has 1 aromatic carbocycles. The molecule has 0 radical (unpaired) electrons. The maximum absolute atomic E-state index is 13.3. The van der Waals surface area contributed by atoms with Gasteiger partial charge in [0.25, 0.3) is 0 Å². The Balaban J connectivity index is 3.78. The van der Waals surface area contributed by atoms with E-state index in [-0.39, 0.29) is 0 Å². The van der Waals surface area contributed by atoms with E-state index in [2.05, 4.69) is 4.74 Å². The van der Waals surface area contributed by atoms with Crippen LogP contribution < -0.4 is 9.46 Å². The Hall–Kier alpha value is -1.42. The first-order valence-corrected chi connectivity index (χ1v) is 5.74. The van der Waals surface area contributed by atoms with Crippen molar-refractivity contribution in [2.45, 2.75) is 4.90 Å². The Morgan fingerprint density at radius 1 is 1.06 bits per heavy atom. The van der Waals surface area contributed by atoms with Gasteiger partial charge in [-0.3, -0.25) is 0 Å². The number of hydrogen-bond donors (Lipinski definition) is 1. The number of ether oxygens (including phenoxy) is 1. The lowest BCUT2D eigenvalue weighted by Crippen LogP contribution is -2.23. The van der Waals surface area contributed by atoms with Gasteiger partial charge < -0.3 is 4.74 Å². The molecule has 1 N–H and O–H groups in total. The molecule has 0 unspecified atom stereocenters. The Morgan fingerprint density at radius 3 is 2.00 bits per heavy atom. The number of sulfonamides is 1. The third-order valence-electron chi connectivity index (χ3n) is 1.92. The van der Waals surface area contributed by atoms with E-state index >= 15 is 0 Å². The van der Waals surface area contributed by atoms with Crippen molar-refractivity contribution in [1.82, 2.24) is 4.72 Å². The van der Waals surface area contributed by atoms with Crippen LogP contribution in [0.4, 0.5) is 22.0 Å². The van der Waals surface area contributed by atoms with Crippen molar-refractivity contribution in [2.24, 2.45) is 0 Å². The third-order valence-corrected chi connectivity index (χ3v) is 3.36. The minimum absolute atomic E-state index is 0.813. The largest absolute Gasteiger partial charge is 0.458 e. The number of nitrogens with one attached hydrogen (secondary N) is 1. The van der Waals surface area contributed by atoms with Crippen LogP contribution in [-0.2, 0) is 10.0 Å². The summed E-state index contributed by atoms with van der Waals surface area (Å²) in [6.45, 7) is -1.76. The van der Waals surface area contributed by atoms with Gasteiger partial charge in [0.05, 0.1) is 0 Å². The molecule has 0 aliphatic carbocycles. The average Bonchev–Trinajstić information content (AvgIpc) is 2.33. The normalized spacial score (nSPS) is 11.7. The smallest absolute Gasteiger partial charge is 0.247 e. The van der Waals surface area contributed by atoms with Gasteiger partial charge >= 0.3 is 0 Å². The fraction of sp³-hybridized carbons (Fsp3) is 0.250. The van der Waals surface area contributed by atoms with Gasteiger partial charge in [-0.15, -0.1) is 0 Å². The summed E-state index contributed by atoms with van der Waals surface area (Å²) in [5, 5.41) is 0. The predicted octanol–water partition coefficient (Wildman–Crippen LogP) is 1.46. The zero-order chi connectivity index (χ0) is 14.1. The summed E-state index contributed by atoms with van der Waals surface area (Å²) >= 11 is 0. The number of benzene rings is 1. The molecule has 0 saturated carbocycles. The molecule has 0 heterocycles. The van der Waals surface area contributed by atoms with Crippen molar-refractivity contribution in [1.29, 1.82) is 0 Å². The third kappa shape index (κ3) is 2.25. The van der Waals surface area contributed by atoms with E-state index in [9.17, 15) is 30.4 Å². The predicted molar refractivity (Wildman–Crippen MR) is 49.1 cm³/mol. The van der Waals surface area contributed by atoms with Crippen LogP contribution >= 0.6 is 0 Å². The lowest BCUT2D eigenvalue weighted by Gasteiger charge is -2.12. The highest BCUT2D eigenvalue weighted by Gasteiger charge is 2.33. The maximum Gasteiger partial charge on any atom is 0.247 e. The quantitative estimate of drug-likeness (QED) is 0.519. The number of rotatable bonds is 4. The van der Waals surface area contributed by atoms with E-state index in [1.165, 1.54) is 0 Å². The molecule has 0 spiro atoms. The van der Waals surface area contributed by atoms with Gasteiger partial charge in [-0.1, -0.05) is 0 Å². The van der Waals surface area contributed by atoms with Gasteiger partial charge in [0.15, 0.2) is 22.3 Å². The van der Waals surface area contributed by atoms with Crippen molar-refractivity contribution in [3.8, 4) is 5.75 Å². The van der Waals surface area contributed by atoms with Gasteiger partial charge in [-0.05, 0) is 7.05 Å². The van der Waals surface area contributed by atoms with Crippen LogP contribution in [0.15, 0.2) is 4.90 Å². The minimum atomic E-state index is -4.71. The molecule has 0 bridgehead atoms. The summed E-state index contributed by atoms with van der Waals surface area (Å²) in [5.74, 6) is -10.5. The Morgan fingerprint density at radius 2 is 1.56 bits per heavy atom. The second kappa shape index (κ2) is 5.06. The molecular weight excluding hydrogens is 285 g/mol. The van der Waals surface area contributed by atoms with Gasteiger partial charge in [-0.25, -0.2) is 30.7 Å². The standard InChI is InChI=1S/C8H6F5NO3S/c1-14-18(15,16)8-6(13)4(11)3(10)5(12)7(8)17-2-9/h14H,2H2,1H3. The van der Waals surface area contributed by atoms with E-state index in [1.807, 2.05) is 0 Å². The van der Waals surface area contributed by atoms with Gasteiger partial charge in [0.2, 0.25) is 28.5 Å². The second-order valence-corrected chi connectivity index (χ2v) is 4.70. The van der Waals surface area contributed by atoms with Crippen LogP contribution in [0, 0.1) is 23.3 Å². The first-order valence-electron chi connectivity index (χ1n) is 4.26. The summed E-state index contributed by atoms with van der Waals surface area (Å²) in [6, 6.07) is 0. The van der Waals surface area contributed by atoms with Crippen molar-refractivity contribution >= 4 is 10.0 Å². The molecule has 0 aliphatic heterocycles. The molecule has 0 aliphatic rings. The molecule has 0 atom stereocenters. The molecule has 0 fully saturated rings. The maximum atomic E-state index is 13.3. The summed E-state index contributed by atoms with van der Waals surface area (Å²) in [7, 11) is -3.89. The first kappa shape index (κ1) is 14.6. The molecule has 4 nitrogen and oxygen atoms in total. The molecule has 102 valence electrons. The second-order valence-electron chi connectivity index (χ2n) is 2.88. The first-order chi connectivity index (χ1) is 8.27. The highest BCUT2D eigenvalue weighted by molar-refractivity contribution is 7.89. The summed E-state index contributed by atoms with van der Waals surface area (Å²) in [5.41, 5.74) is 0. The van der Waals surface area contributed by atoms with E-state index < -0.39 is 50.8 Å². The lowest BCUT2D eigenvalue weighted by molar-refractivity contribution is 0.173. The molecule has 1 rings (SSSR count). The zero-order valence-corrected chi connectivity index (χ0v) is 9.55. The van der Waals surface area contributed by atoms with Crippen molar-refractivity contribution < 1.29 is 35.1 Å². The molecule has 0 saturated heterocycles. The van der Waals surface area contributed by atoms with Crippen LogP contribution in [0.25, 0.3) is 0 Å². The molecular formula is C8H6F5NO3S. The van der Waals surface area contributed by atoms with E-state index in [1.54, 1.807) is 4.72 Å².